The molecule has 0 radical (unpaired) electrons. The molecule has 1 aromatic rings. The molecule has 0 heterocycles. The van der Waals surface area contributed by atoms with Gasteiger partial charge >= 0.3 is 0 Å². The standard InChI is InChI=1S/C20H32O4/c1-4-5-6-11-14-24-20-18(22-2)15-17(16-19(20)23-3)12-9-7-8-10-13-21/h9,12,15-16,21H,4-8,10-11,13-14H2,1-3H3/b12-9+. The van der Waals surface area contributed by atoms with Crippen molar-refractivity contribution in [2.45, 2.75) is 51.9 Å². The van der Waals surface area contributed by atoms with E-state index in [9.17, 15) is 0 Å². The van der Waals surface area contributed by atoms with Crippen LogP contribution in [-0.4, -0.2) is 32.5 Å². The van der Waals surface area contributed by atoms with E-state index in [1.807, 2.05) is 18.2 Å². The van der Waals surface area contributed by atoms with Crippen molar-refractivity contribution in [1.82, 2.24) is 0 Å². The first-order chi connectivity index (χ1) is 11.8. The summed E-state index contributed by atoms with van der Waals surface area (Å²) in [5, 5.41) is 8.80. The Morgan fingerprint density at radius 2 is 1.67 bits per heavy atom. The van der Waals surface area contributed by atoms with Gasteiger partial charge in [0, 0.05) is 6.61 Å². The van der Waals surface area contributed by atoms with E-state index in [2.05, 4.69) is 13.0 Å². The molecule has 0 aliphatic heterocycles. The van der Waals surface area contributed by atoms with Gasteiger partial charge in [0.25, 0.3) is 0 Å². The largest absolute Gasteiger partial charge is 0.493 e. The van der Waals surface area contributed by atoms with Crippen molar-refractivity contribution in [3.8, 4) is 17.2 Å². The van der Waals surface area contributed by atoms with Gasteiger partial charge in [-0.1, -0.05) is 38.3 Å². The van der Waals surface area contributed by atoms with E-state index in [1.54, 1.807) is 14.2 Å². The fourth-order valence-electron chi connectivity index (χ4n) is 2.44. The Bertz CT molecular complexity index is 458. The van der Waals surface area contributed by atoms with E-state index < -0.39 is 0 Å². The van der Waals surface area contributed by atoms with Gasteiger partial charge in [-0.05, 0) is 43.4 Å². The molecule has 0 fully saturated rings. The van der Waals surface area contributed by atoms with Crippen molar-refractivity contribution >= 4 is 6.08 Å². The summed E-state index contributed by atoms with van der Waals surface area (Å²) in [6, 6.07) is 3.93. The number of aliphatic hydroxyl groups is 1. The second-order valence-electron chi connectivity index (χ2n) is 5.79. The summed E-state index contributed by atoms with van der Waals surface area (Å²) in [4.78, 5) is 0. The van der Waals surface area contributed by atoms with Crippen LogP contribution < -0.4 is 14.2 Å². The highest BCUT2D eigenvalue weighted by Gasteiger charge is 2.13. The van der Waals surface area contributed by atoms with E-state index in [0.717, 1.165) is 31.2 Å². The topological polar surface area (TPSA) is 47.9 Å². The molecule has 0 atom stereocenters. The molecule has 0 aliphatic carbocycles. The Labute approximate surface area is 146 Å². The lowest BCUT2D eigenvalue weighted by atomic mass is 10.1. The number of ether oxygens (including phenoxy) is 3. The maximum Gasteiger partial charge on any atom is 0.203 e. The summed E-state index contributed by atoms with van der Waals surface area (Å²) in [6.45, 7) is 3.12. The highest BCUT2D eigenvalue weighted by molar-refractivity contribution is 5.62. The van der Waals surface area contributed by atoms with Crippen LogP contribution in [0.15, 0.2) is 18.2 Å². The number of unbranched alkanes of at least 4 members (excludes halogenated alkanes) is 5. The second kappa shape index (κ2) is 12.7. The number of rotatable bonds is 13. The van der Waals surface area contributed by atoms with Gasteiger partial charge in [0.05, 0.1) is 20.8 Å². The first-order valence-corrected chi connectivity index (χ1v) is 8.93. The molecule has 24 heavy (non-hydrogen) atoms. The molecule has 4 heteroatoms. The van der Waals surface area contributed by atoms with Crippen molar-refractivity contribution < 1.29 is 19.3 Å². The summed E-state index contributed by atoms with van der Waals surface area (Å²) < 4.78 is 16.9. The molecule has 0 aliphatic rings. The minimum atomic E-state index is 0.250. The average Bonchev–Trinajstić information content (AvgIpc) is 2.61. The number of hydrogen-bond donors (Lipinski definition) is 1. The fraction of sp³-hybridized carbons (Fsp3) is 0.600. The van der Waals surface area contributed by atoms with E-state index in [1.165, 1.54) is 19.3 Å². The van der Waals surface area contributed by atoms with Crippen LogP contribution >= 0.6 is 0 Å². The number of aliphatic hydroxyl groups excluding tert-OH is 1. The van der Waals surface area contributed by atoms with Crippen LogP contribution in [0, 0.1) is 0 Å². The quantitative estimate of drug-likeness (QED) is 0.524. The van der Waals surface area contributed by atoms with Gasteiger partial charge in [-0.15, -0.1) is 0 Å². The van der Waals surface area contributed by atoms with E-state index >= 15 is 0 Å². The molecule has 4 nitrogen and oxygen atoms in total. The van der Waals surface area contributed by atoms with Crippen molar-refractivity contribution in [2.75, 3.05) is 27.4 Å². The Morgan fingerprint density at radius 1 is 0.958 bits per heavy atom. The average molecular weight is 336 g/mol. The molecule has 0 spiro atoms. The zero-order valence-electron chi connectivity index (χ0n) is 15.3. The molecule has 0 saturated heterocycles. The predicted molar refractivity (Wildman–Crippen MR) is 99.2 cm³/mol. The monoisotopic (exact) mass is 336 g/mol. The maximum absolute atomic E-state index is 8.80. The maximum atomic E-state index is 8.80. The Hall–Kier alpha value is -1.68. The van der Waals surface area contributed by atoms with Crippen LogP contribution in [0.25, 0.3) is 6.08 Å². The van der Waals surface area contributed by atoms with E-state index in [0.29, 0.717) is 23.9 Å². The molecule has 0 bridgehead atoms. The first-order valence-electron chi connectivity index (χ1n) is 8.93. The number of allylic oxidation sites excluding steroid dienone is 1. The van der Waals surface area contributed by atoms with Crippen molar-refractivity contribution in [1.29, 1.82) is 0 Å². The van der Waals surface area contributed by atoms with E-state index in [-0.39, 0.29) is 6.61 Å². The van der Waals surface area contributed by atoms with Crippen LogP contribution in [0.3, 0.4) is 0 Å². The molecule has 1 N–H and O–H groups in total. The molecule has 0 saturated carbocycles. The smallest absolute Gasteiger partial charge is 0.203 e. The third kappa shape index (κ3) is 7.26. The van der Waals surface area contributed by atoms with E-state index in [4.69, 9.17) is 19.3 Å². The van der Waals surface area contributed by atoms with Crippen LogP contribution in [0.5, 0.6) is 17.2 Å². The predicted octanol–water partition coefficient (Wildman–Crippen LogP) is 4.84. The molecule has 0 amide bonds. The normalized spacial score (nSPS) is 11.0. The molecular weight excluding hydrogens is 304 g/mol. The Morgan fingerprint density at radius 3 is 2.25 bits per heavy atom. The van der Waals surface area contributed by atoms with Crippen molar-refractivity contribution in [2.24, 2.45) is 0 Å². The minimum Gasteiger partial charge on any atom is -0.493 e. The second-order valence-corrected chi connectivity index (χ2v) is 5.79. The Balaban J connectivity index is 2.73. The SMILES string of the molecule is CCCCCCOc1c(OC)cc(/C=C/CCCCO)cc1OC. The lowest BCUT2D eigenvalue weighted by molar-refractivity contribution is 0.267. The van der Waals surface area contributed by atoms with Crippen LogP contribution in [-0.2, 0) is 0 Å². The lowest BCUT2D eigenvalue weighted by Gasteiger charge is -2.15. The molecule has 1 aromatic carbocycles. The summed E-state index contributed by atoms with van der Waals surface area (Å²) in [6.07, 6.45) is 11.6. The molecule has 136 valence electrons. The lowest BCUT2D eigenvalue weighted by Crippen LogP contribution is -2.02. The van der Waals surface area contributed by atoms with Gasteiger partial charge in [-0.2, -0.15) is 0 Å². The number of benzene rings is 1. The Kier molecular flexibility index (Phi) is 10.8. The van der Waals surface area contributed by atoms with Gasteiger partial charge in [0.1, 0.15) is 0 Å². The third-order valence-corrected chi connectivity index (χ3v) is 3.82. The van der Waals surface area contributed by atoms with Crippen molar-refractivity contribution in [3.05, 3.63) is 23.8 Å². The highest BCUT2D eigenvalue weighted by atomic mass is 16.5. The fourth-order valence-corrected chi connectivity index (χ4v) is 2.44. The van der Waals surface area contributed by atoms with Gasteiger partial charge < -0.3 is 19.3 Å². The third-order valence-electron chi connectivity index (χ3n) is 3.82. The summed E-state index contributed by atoms with van der Waals surface area (Å²) in [5.74, 6) is 2.06. The van der Waals surface area contributed by atoms with Gasteiger partial charge in [-0.3, -0.25) is 0 Å². The van der Waals surface area contributed by atoms with Crippen LogP contribution in [0.4, 0.5) is 0 Å². The highest BCUT2D eigenvalue weighted by Crippen LogP contribution is 2.39. The first kappa shape index (κ1) is 20.4. The molecule has 0 unspecified atom stereocenters. The zero-order valence-corrected chi connectivity index (χ0v) is 15.3. The van der Waals surface area contributed by atoms with Crippen LogP contribution in [0.2, 0.25) is 0 Å². The zero-order chi connectivity index (χ0) is 17.6. The summed E-state index contributed by atoms with van der Waals surface area (Å²) in [5.41, 5.74) is 1.02. The minimum absolute atomic E-state index is 0.250. The van der Waals surface area contributed by atoms with Crippen molar-refractivity contribution in [3.63, 3.8) is 0 Å². The molecular formula is C20H32O4. The summed E-state index contributed by atoms with van der Waals surface area (Å²) in [7, 11) is 3.29. The van der Waals surface area contributed by atoms with Crippen LogP contribution in [0.1, 0.15) is 57.4 Å². The number of methoxy groups -OCH3 is 2. The molecule has 1 rings (SSSR count). The summed E-state index contributed by atoms with van der Waals surface area (Å²) >= 11 is 0. The van der Waals surface area contributed by atoms with Gasteiger partial charge in [0.15, 0.2) is 11.5 Å². The van der Waals surface area contributed by atoms with Gasteiger partial charge in [-0.25, -0.2) is 0 Å². The van der Waals surface area contributed by atoms with Gasteiger partial charge in [0.2, 0.25) is 5.75 Å². The number of hydrogen-bond acceptors (Lipinski definition) is 4. The molecule has 0 aromatic heterocycles.